The summed E-state index contributed by atoms with van der Waals surface area (Å²) in [5.74, 6) is 1.20. The van der Waals surface area contributed by atoms with E-state index in [1.807, 2.05) is 29.1 Å². The molecule has 8 heteroatoms. The second-order valence-electron chi connectivity index (χ2n) is 5.85. The highest BCUT2D eigenvalue weighted by molar-refractivity contribution is 7.99. The van der Waals surface area contributed by atoms with Gasteiger partial charge in [0.1, 0.15) is 0 Å². The van der Waals surface area contributed by atoms with E-state index in [1.165, 1.54) is 4.90 Å². The van der Waals surface area contributed by atoms with Gasteiger partial charge in [0.2, 0.25) is 0 Å². The Labute approximate surface area is 158 Å². The Kier molecular flexibility index (Phi) is 4.60. The fraction of sp³-hybridized carbons (Fsp3) is 0.222. The first-order chi connectivity index (χ1) is 12.7. The van der Waals surface area contributed by atoms with Crippen molar-refractivity contribution in [3.8, 4) is 10.7 Å². The van der Waals surface area contributed by atoms with Gasteiger partial charge in [-0.15, -0.1) is 21.5 Å². The van der Waals surface area contributed by atoms with E-state index in [1.54, 1.807) is 47.4 Å². The lowest BCUT2D eigenvalue weighted by molar-refractivity contribution is 0.0655. The minimum absolute atomic E-state index is 0.200. The predicted molar refractivity (Wildman–Crippen MR) is 101 cm³/mol. The number of nitrogens with zero attached hydrogens (tertiary/aromatic N) is 4. The van der Waals surface area contributed by atoms with Crippen molar-refractivity contribution in [2.24, 2.45) is 7.05 Å². The Morgan fingerprint density at radius 1 is 1.04 bits per heavy atom. The number of amides is 2. The number of thiophene rings is 1. The molecule has 4 rings (SSSR count). The second-order valence-corrected chi connectivity index (χ2v) is 7.86. The van der Waals surface area contributed by atoms with E-state index in [2.05, 4.69) is 10.2 Å². The number of carbonyl (C=O) groups is 2. The minimum atomic E-state index is -0.200. The molecule has 1 aliphatic heterocycles. The minimum Gasteiger partial charge on any atom is -0.305 e. The van der Waals surface area contributed by atoms with Gasteiger partial charge in [0.25, 0.3) is 11.8 Å². The highest BCUT2D eigenvalue weighted by Crippen LogP contribution is 2.27. The first-order valence-electron chi connectivity index (χ1n) is 8.18. The van der Waals surface area contributed by atoms with Crippen LogP contribution in [0.5, 0.6) is 0 Å². The Bertz CT molecular complexity index is 930. The first-order valence-corrected chi connectivity index (χ1v) is 10.0. The van der Waals surface area contributed by atoms with Crippen molar-refractivity contribution in [3.63, 3.8) is 0 Å². The maximum Gasteiger partial charge on any atom is 0.261 e. The Morgan fingerprint density at radius 2 is 1.77 bits per heavy atom. The molecule has 0 radical (unpaired) electrons. The maximum absolute atomic E-state index is 12.3. The lowest BCUT2D eigenvalue weighted by Gasteiger charge is -2.13. The van der Waals surface area contributed by atoms with Crippen molar-refractivity contribution in [2.45, 2.75) is 11.6 Å². The summed E-state index contributed by atoms with van der Waals surface area (Å²) in [6.45, 7) is 0.412. The molecule has 0 saturated carbocycles. The number of hydrogen-bond acceptors (Lipinski definition) is 6. The van der Waals surface area contributed by atoms with Gasteiger partial charge in [-0.3, -0.25) is 14.5 Å². The quantitative estimate of drug-likeness (QED) is 0.370. The van der Waals surface area contributed by atoms with E-state index in [4.69, 9.17) is 0 Å². The number of imide groups is 1. The fourth-order valence-corrected chi connectivity index (χ4v) is 4.47. The van der Waals surface area contributed by atoms with Crippen LogP contribution in [0.15, 0.2) is 46.9 Å². The first kappa shape index (κ1) is 17.0. The average molecular weight is 384 g/mol. The van der Waals surface area contributed by atoms with Gasteiger partial charge in [-0.1, -0.05) is 30.0 Å². The molecule has 0 saturated heterocycles. The van der Waals surface area contributed by atoms with Crippen molar-refractivity contribution in [1.29, 1.82) is 0 Å². The Morgan fingerprint density at radius 3 is 2.42 bits per heavy atom. The van der Waals surface area contributed by atoms with E-state index in [0.29, 0.717) is 24.1 Å². The summed E-state index contributed by atoms with van der Waals surface area (Å²) in [6, 6.07) is 11.0. The number of fused-ring (bicyclic) bond motifs is 1. The molecule has 0 unspecified atom stereocenters. The molecule has 1 aromatic carbocycles. The molecule has 26 heavy (non-hydrogen) atoms. The van der Waals surface area contributed by atoms with Crippen LogP contribution in [0, 0.1) is 0 Å². The molecule has 0 N–H and O–H groups in total. The Balaban J connectivity index is 1.34. The van der Waals surface area contributed by atoms with E-state index in [9.17, 15) is 9.59 Å². The highest BCUT2D eigenvalue weighted by atomic mass is 32.2. The molecule has 1 aliphatic rings. The van der Waals surface area contributed by atoms with Crippen LogP contribution in [0.2, 0.25) is 0 Å². The molecular formula is C18H16N4O2S2. The van der Waals surface area contributed by atoms with E-state index < -0.39 is 0 Å². The smallest absolute Gasteiger partial charge is 0.261 e. The zero-order valence-electron chi connectivity index (χ0n) is 14.1. The number of thioether (sulfide) groups is 1. The third-order valence-corrected chi connectivity index (χ3v) is 6.18. The summed E-state index contributed by atoms with van der Waals surface area (Å²) in [5.41, 5.74) is 0.998. The lowest BCUT2D eigenvalue weighted by Crippen LogP contribution is -2.31. The predicted octanol–water partition coefficient (Wildman–Crippen LogP) is 3.32. The summed E-state index contributed by atoms with van der Waals surface area (Å²) >= 11 is 3.21. The van der Waals surface area contributed by atoms with Gasteiger partial charge in [-0.05, 0) is 30.0 Å². The average Bonchev–Trinajstić information content (AvgIpc) is 3.35. The van der Waals surface area contributed by atoms with Crippen molar-refractivity contribution < 1.29 is 9.59 Å². The van der Waals surface area contributed by atoms with Crippen LogP contribution in [0.4, 0.5) is 0 Å². The number of rotatable bonds is 6. The lowest BCUT2D eigenvalue weighted by atomic mass is 10.1. The molecular weight excluding hydrogens is 368 g/mol. The SMILES string of the molecule is Cn1c(SCCCN2C(=O)c3ccccc3C2=O)nnc1-c1cccs1. The molecule has 2 amide bonds. The van der Waals surface area contributed by atoms with Crippen LogP contribution in [0.3, 0.4) is 0 Å². The third-order valence-electron chi connectivity index (χ3n) is 4.21. The van der Waals surface area contributed by atoms with Gasteiger partial charge in [0.05, 0.1) is 16.0 Å². The Hall–Kier alpha value is -2.45. The van der Waals surface area contributed by atoms with Crippen LogP contribution in [0.1, 0.15) is 27.1 Å². The van der Waals surface area contributed by atoms with Gasteiger partial charge in [0.15, 0.2) is 11.0 Å². The largest absolute Gasteiger partial charge is 0.305 e. The third kappa shape index (κ3) is 2.95. The van der Waals surface area contributed by atoms with Crippen LogP contribution in [-0.4, -0.2) is 43.8 Å². The monoisotopic (exact) mass is 384 g/mol. The van der Waals surface area contributed by atoms with Crippen LogP contribution in [-0.2, 0) is 7.05 Å². The summed E-state index contributed by atoms with van der Waals surface area (Å²) in [7, 11) is 1.95. The molecule has 0 aliphatic carbocycles. The zero-order valence-corrected chi connectivity index (χ0v) is 15.7. The van der Waals surface area contributed by atoms with Gasteiger partial charge >= 0.3 is 0 Å². The van der Waals surface area contributed by atoms with Crippen molar-refractivity contribution >= 4 is 34.9 Å². The van der Waals surface area contributed by atoms with Crippen molar-refractivity contribution in [1.82, 2.24) is 19.7 Å². The fourth-order valence-electron chi connectivity index (χ4n) is 2.89. The molecule has 3 heterocycles. The van der Waals surface area contributed by atoms with E-state index in [0.717, 1.165) is 21.6 Å². The molecule has 132 valence electrons. The number of benzene rings is 1. The van der Waals surface area contributed by atoms with Crippen molar-refractivity contribution in [3.05, 3.63) is 52.9 Å². The second kappa shape index (κ2) is 7.05. The van der Waals surface area contributed by atoms with Gasteiger partial charge < -0.3 is 4.57 Å². The van der Waals surface area contributed by atoms with Gasteiger partial charge in [-0.2, -0.15) is 0 Å². The van der Waals surface area contributed by atoms with Crippen LogP contribution in [0.25, 0.3) is 10.7 Å². The molecule has 2 aromatic heterocycles. The summed E-state index contributed by atoms with van der Waals surface area (Å²) in [4.78, 5) is 27.1. The summed E-state index contributed by atoms with van der Waals surface area (Å²) < 4.78 is 1.97. The number of carbonyl (C=O) groups excluding carboxylic acids is 2. The topological polar surface area (TPSA) is 68.1 Å². The molecule has 6 nitrogen and oxygen atoms in total. The van der Waals surface area contributed by atoms with E-state index >= 15 is 0 Å². The normalized spacial score (nSPS) is 13.5. The molecule has 0 spiro atoms. The molecule has 0 bridgehead atoms. The number of hydrogen-bond donors (Lipinski definition) is 0. The van der Waals surface area contributed by atoms with Gasteiger partial charge in [-0.25, -0.2) is 0 Å². The molecule has 3 aromatic rings. The summed E-state index contributed by atoms with van der Waals surface area (Å²) in [5, 5.41) is 11.3. The molecule has 0 fully saturated rings. The maximum atomic E-state index is 12.3. The highest BCUT2D eigenvalue weighted by Gasteiger charge is 2.34. The number of aromatic nitrogens is 3. The summed E-state index contributed by atoms with van der Waals surface area (Å²) in [6.07, 6.45) is 0.706. The van der Waals surface area contributed by atoms with Crippen molar-refractivity contribution in [2.75, 3.05) is 12.3 Å². The van der Waals surface area contributed by atoms with E-state index in [-0.39, 0.29) is 11.8 Å². The zero-order chi connectivity index (χ0) is 18.1. The standard InChI is InChI=1S/C18H16N4O2S2/c1-21-15(14-8-4-10-25-14)19-20-18(21)26-11-5-9-22-16(23)12-6-2-3-7-13(12)17(22)24/h2-4,6-8,10H,5,9,11H2,1H3. The van der Waals surface area contributed by atoms with Gasteiger partial charge in [0, 0.05) is 19.3 Å². The van der Waals surface area contributed by atoms with Crippen LogP contribution >= 0.6 is 23.1 Å². The molecule has 0 atom stereocenters. The van der Waals surface area contributed by atoms with Crippen LogP contribution < -0.4 is 0 Å².